The van der Waals surface area contributed by atoms with Gasteiger partial charge in [0.25, 0.3) is 0 Å². The molecular formula is C15H25NOS. The summed E-state index contributed by atoms with van der Waals surface area (Å²) >= 11 is 1.76. The molecule has 0 aliphatic heterocycles. The summed E-state index contributed by atoms with van der Waals surface area (Å²) in [7, 11) is 0. The molecule has 102 valence electrons. The molecule has 0 aromatic heterocycles. The van der Waals surface area contributed by atoms with Crippen molar-refractivity contribution in [1.29, 1.82) is 0 Å². The Balaban J connectivity index is 2.55. The van der Waals surface area contributed by atoms with E-state index in [9.17, 15) is 0 Å². The summed E-state index contributed by atoms with van der Waals surface area (Å²) in [6, 6.07) is 8.97. The molecule has 18 heavy (non-hydrogen) atoms. The third kappa shape index (κ3) is 5.01. The van der Waals surface area contributed by atoms with Crippen LogP contribution < -0.4 is 5.32 Å². The fourth-order valence-electron chi connectivity index (χ4n) is 1.95. The average molecular weight is 267 g/mol. The van der Waals surface area contributed by atoms with Gasteiger partial charge in [0.2, 0.25) is 0 Å². The van der Waals surface area contributed by atoms with Gasteiger partial charge in [0.05, 0.1) is 0 Å². The third-order valence-electron chi connectivity index (χ3n) is 3.17. The minimum atomic E-state index is 0.169. The lowest BCUT2D eigenvalue weighted by atomic mass is 9.85. The topological polar surface area (TPSA) is 32.3 Å². The van der Waals surface area contributed by atoms with Crippen LogP contribution in [0.3, 0.4) is 0 Å². The Morgan fingerprint density at radius 1 is 1.22 bits per heavy atom. The van der Waals surface area contributed by atoms with Gasteiger partial charge in [-0.05, 0) is 35.8 Å². The summed E-state index contributed by atoms with van der Waals surface area (Å²) in [5.74, 6) is 0. The van der Waals surface area contributed by atoms with E-state index < -0.39 is 0 Å². The highest BCUT2D eigenvalue weighted by atomic mass is 32.2. The van der Waals surface area contributed by atoms with E-state index in [-0.39, 0.29) is 12.0 Å². The van der Waals surface area contributed by atoms with Gasteiger partial charge in [-0.3, -0.25) is 0 Å². The lowest BCUT2D eigenvalue weighted by molar-refractivity contribution is 0.196. The van der Waals surface area contributed by atoms with Gasteiger partial charge in [-0.1, -0.05) is 32.9 Å². The molecule has 1 unspecified atom stereocenters. The van der Waals surface area contributed by atoms with Gasteiger partial charge in [0.15, 0.2) is 0 Å². The van der Waals surface area contributed by atoms with Gasteiger partial charge >= 0.3 is 0 Å². The number of thioether (sulfide) groups is 1. The minimum absolute atomic E-state index is 0.169. The average Bonchev–Trinajstić information content (AvgIpc) is 2.33. The molecule has 2 nitrogen and oxygen atoms in total. The van der Waals surface area contributed by atoms with Crippen molar-refractivity contribution in [2.24, 2.45) is 5.41 Å². The van der Waals surface area contributed by atoms with Crippen LogP contribution in [0, 0.1) is 5.41 Å². The van der Waals surface area contributed by atoms with Gasteiger partial charge < -0.3 is 10.4 Å². The zero-order valence-corrected chi connectivity index (χ0v) is 12.7. The second-order valence-electron chi connectivity index (χ2n) is 5.66. The molecule has 2 N–H and O–H groups in total. The van der Waals surface area contributed by atoms with Crippen LogP contribution in [-0.4, -0.2) is 24.0 Å². The molecule has 0 spiro atoms. The highest BCUT2D eigenvalue weighted by molar-refractivity contribution is 7.98. The monoisotopic (exact) mass is 267 g/mol. The molecule has 0 amide bonds. The lowest BCUT2D eigenvalue weighted by Gasteiger charge is -2.31. The predicted octanol–water partition coefficient (Wildman–Crippen LogP) is 3.30. The Hall–Kier alpha value is -0.510. The van der Waals surface area contributed by atoms with Crippen LogP contribution in [-0.2, 0) is 6.54 Å². The van der Waals surface area contributed by atoms with Gasteiger partial charge in [-0.25, -0.2) is 0 Å². The van der Waals surface area contributed by atoms with Gasteiger partial charge in [-0.2, -0.15) is 0 Å². The fraction of sp³-hybridized carbons (Fsp3) is 0.600. The van der Waals surface area contributed by atoms with E-state index in [0.29, 0.717) is 6.04 Å². The Bertz CT molecular complexity index is 343. The maximum absolute atomic E-state index is 9.12. The molecule has 0 bridgehead atoms. The van der Waals surface area contributed by atoms with Crippen LogP contribution in [0.15, 0.2) is 29.2 Å². The predicted molar refractivity (Wildman–Crippen MR) is 80.0 cm³/mol. The Morgan fingerprint density at radius 3 is 2.28 bits per heavy atom. The van der Waals surface area contributed by atoms with Crippen molar-refractivity contribution >= 4 is 11.8 Å². The fourth-order valence-corrected chi connectivity index (χ4v) is 2.36. The number of benzene rings is 1. The largest absolute Gasteiger partial charge is 0.396 e. The van der Waals surface area contributed by atoms with E-state index in [2.05, 4.69) is 56.6 Å². The molecule has 1 rings (SSSR count). The van der Waals surface area contributed by atoms with E-state index in [4.69, 9.17) is 5.11 Å². The van der Waals surface area contributed by atoms with Crippen LogP contribution in [0.5, 0.6) is 0 Å². The maximum Gasteiger partial charge on any atom is 0.0446 e. The van der Waals surface area contributed by atoms with Crippen molar-refractivity contribution in [2.45, 2.75) is 44.7 Å². The molecule has 0 aliphatic rings. The van der Waals surface area contributed by atoms with Gasteiger partial charge in [0, 0.05) is 24.1 Å². The summed E-state index contributed by atoms with van der Waals surface area (Å²) in [5, 5.41) is 12.7. The SMILES string of the molecule is CSc1ccc(CNC(CCO)C(C)(C)C)cc1. The first-order chi connectivity index (χ1) is 8.47. The first-order valence-corrected chi connectivity index (χ1v) is 7.67. The minimum Gasteiger partial charge on any atom is -0.396 e. The van der Waals surface area contributed by atoms with Crippen molar-refractivity contribution in [2.75, 3.05) is 12.9 Å². The first-order valence-electron chi connectivity index (χ1n) is 6.44. The van der Waals surface area contributed by atoms with E-state index in [1.807, 2.05) is 0 Å². The second kappa shape index (κ2) is 7.17. The summed E-state index contributed by atoms with van der Waals surface area (Å²) < 4.78 is 0. The quantitative estimate of drug-likeness (QED) is 0.776. The van der Waals surface area contributed by atoms with Crippen LogP contribution in [0.1, 0.15) is 32.8 Å². The summed E-state index contributed by atoms with van der Waals surface area (Å²) in [6.07, 6.45) is 2.89. The number of rotatable bonds is 6. The van der Waals surface area contributed by atoms with Crippen molar-refractivity contribution < 1.29 is 5.11 Å². The van der Waals surface area contributed by atoms with E-state index in [1.54, 1.807) is 11.8 Å². The Morgan fingerprint density at radius 2 is 1.83 bits per heavy atom. The van der Waals surface area contributed by atoms with Crippen LogP contribution in [0.25, 0.3) is 0 Å². The molecule has 0 radical (unpaired) electrons. The molecule has 1 aromatic rings. The van der Waals surface area contributed by atoms with Crippen molar-refractivity contribution in [3.8, 4) is 0 Å². The van der Waals surface area contributed by atoms with Crippen molar-refractivity contribution in [3.63, 3.8) is 0 Å². The highest BCUT2D eigenvalue weighted by Crippen LogP contribution is 2.22. The van der Waals surface area contributed by atoms with E-state index >= 15 is 0 Å². The number of nitrogens with one attached hydrogen (secondary N) is 1. The first kappa shape index (κ1) is 15.5. The molecule has 0 fully saturated rings. The lowest BCUT2D eigenvalue weighted by Crippen LogP contribution is -2.40. The Labute approximate surface area is 115 Å². The molecule has 1 aromatic carbocycles. The van der Waals surface area contributed by atoms with Crippen LogP contribution >= 0.6 is 11.8 Å². The molecule has 0 aliphatic carbocycles. The van der Waals surface area contributed by atoms with Crippen molar-refractivity contribution in [3.05, 3.63) is 29.8 Å². The van der Waals surface area contributed by atoms with Crippen molar-refractivity contribution in [1.82, 2.24) is 5.32 Å². The molecule has 1 atom stereocenters. The number of aliphatic hydroxyl groups excluding tert-OH is 1. The van der Waals surface area contributed by atoms with Crippen LogP contribution in [0.4, 0.5) is 0 Å². The smallest absolute Gasteiger partial charge is 0.0446 e. The van der Waals surface area contributed by atoms with E-state index in [0.717, 1.165) is 13.0 Å². The third-order valence-corrected chi connectivity index (χ3v) is 3.92. The maximum atomic E-state index is 9.12. The molecule has 0 saturated carbocycles. The number of hydrogen-bond donors (Lipinski definition) is 2. The molecule has 0 heterocycles. The summed E-state index contributed by atoms with van der Waals surface area (Å²) in [6.45, 7) is 7.71. The zero-order chi connectivity index (χ0) is 13.6. The second-order valence-corrected chi connectivity index (χ2v) is 6.54. The zero-order valence-electron chi connectivity index (χ0n) is 11.9. The summed E-state index contributed by atoms with van der Waals surface area (Å²) in [4.78, 5) is 1.29. The van der Waals surface area contributed by atoms with E-state index in [1.165, 1.54) is 10.5 Å². The normalized spacial score (nSPS) is 13.6. The molecule has 3 heteroatoms. The standard InChI is InChI=1S/C15H25NOS/c1-15(2,3)14(9-10-17)16-11-12-5-7-13(18-4)8-6-12/h5-8,14,16-17H,9-11H2,1-4H3. The highest BCUT2D eigenvalue weighted by Gasteiger charge is 2.23. The molecular weight excluding hydrogens is 242 g/mol. The number of aliphatic hydroxyl groups is 1. The number of hydrogen-bond acceptors (Lipinski definition) is 3. The summed E-state index contributed by atoms with van der Waals surface area (Å²) in [5.41, 5.74) is 1.46. The van der Waals surface area contributed by atoms with Gasteiger partial charge in [0.1, 0.15) is 0 Å². The molecule has 0 saturated heterocycles. The van der Waals surface area contributed by atoms with Crippen LogP contribution in [0.2, 0.25) is 0 Å². The van der Waals surface area contributed by atoms with Gasteiger partial charge in [-0.15, -0.1) is 11.8 Å². The Kier molecular flexibility index (Phi) is 6.19.